The van der Waals surface area contributed by atoms with Gasteiger partial charge < -0.3 is 15.3 Å². The number of benzene rings is 1. The van der Waals surface area contributed by atoms with Crippen LogP contribution in [0.2, 0.25) is 0 Å². The Morgan fingerprint density at radius 3 is 2.55 bits per heavy atom. The third-order valence-electron chi connectivity index (χ3n) is 3.72. The highest BCUT2D eigenvalue weighted by Gasteiger charge is 2.25. The molecule has 1 aliphatic heterocycles. The van der Waals surface area contributed by atoms with Gasteiger partial charge >= 0.3 is 11.8 Å². The fourth-order valence-electron chi connectivity index (χ4n) is 2.32. The third-order valence-corrected chi connectivity index (χ3v) is 3.72. The number of aryl methyl sites for hydroxylation is 1. The van der Waals surface area contributed by atoms with Crippen LogP contribution in [0, 0.1) is 12.8 Å². The molecule has 0 unspecified atom stereocenters. The standard InChI is InChI=1S/C15H20N2O3/c1-10-5-7-17(8-6-10)15(20)14(19)16-13-4-3-12(18)9-11(13)2/h3-4,9-10,18H,5-8H2,1-2H3,(H,16,19). The van der Waals surface area contributed by atoms with Crippen molar-refractivity contribution in [2.75, 3.05) is 18.4 Å². The lowest BCUT2D eigenvalue weighted by Crippen LogP contribution is -2.43. The number of carbonyl (C=O) groups excluding carboxylic acids is 2. The van der Waals surface area contributed by atoms with Crippen molar-refractivity contribution in [3.63, 3.8) is 0 Å². The highest BCUT2D eigenvalue weighted by molar-refractivity contribution is 6.39. The van der Waals surface area contributed by atoms with Gasteiger partial charge in [-0.05, 0) is 49.4 Å². The lowest BCUT2D eigenvalue weighted by Gasteiger charge is -2.29. The van der Waals surface area contributed by atoms with Crippen LogP contribution in [0.4, 0.5) is 5.69 Å². The topological polar surface area (TPSA) is 69.6 Å². The maximum atomic E-state index is 12.1. The van der Waals surface area contributed by atoms with Crippen LogP contribution in [0.1, 0.15) is 25.3 Å². The van der Waals surface area contributed by atoms with E-state index >= 15 is 0 Å². The predicted molar refractivity (Wildman–Crippen MR) is 76.5 cm³/mol. The van der Waals surface area contributed by atoms with Gasteiger partial charge in [-0.1, -0.05) is 6.92 Å². The summed E-state index contributed by atoms with van der Waals surface area (Å²) in [5, 5.41) is 11.9. The van der Waals surface area contributed by atoms with Crippen molar-refractivity contribution in [2.24, 2.45) is 5.92 Å². The van der Waals surface area contributed by atoms with Crippen molar-refractivity contribution in [3.8, 4) is 5.75 Å². The van der Waals surface area contributed by atoms with E-state index in [0.717, 1.165) is 18.4 Å². The molecule has 0 spiro atoms. The summed E-state index contributed by atoms with van der Waals surface area (Å²) >= 11 is 0. The monoisotopic (exact) mass is 276 g/mol. The molecule has 1 fully saturated rings. The van der Waals surface area contributed by atoms with Crippen LogP contribution >= 0.6 is 0 Å². The average molecular weight is 276 g/mol. The second-order valence-corrected chi connectivity index (χ2v) is 5.43. The van der Waals surface area contributed by atoms with Crippen molar-refractivity contribution in [1.82, 2.24) is 4.90 Å². The van der Waals surface area contributed by atoms with Crippen LogP contribution in [-0.2, 0) is 9.59 Å². The number of anilines is 1. The molecule has 2 amide bonds. The van der Waals surface area contributed by atoms with Crippen molar-refractivity contribution in [3.05, 3.63) is 23.8 Å². The summed E-state index contributed by atoms with van der Waals surface area (Å²) in [5.74, 6) is -0.351. The summed E-state index contributed by atoms with van der Waals surface area (Å²) in [6, 6.07) is 4.62. The summed E-state index contributed by atoms with van der Waals surface area (Å²) in [6.45, 7) is 5.20. The first-order valence-electron chi connectivity index (χ1n) is 6.87. The minimum atomic E-state index is -0.617. The number of aromatic hydroxyl groups is 1. The Balaban J connectivity index is 1.99. The molecule has 108 valence electrons. The Labute approximate surface area is 118 Å². The largest absolute Gasteiger partial charge is 0.508 e. The van der Waals surface area contributed by atoms with Crippen molar-refractivity contribution < 1.29 is 14.7 Å². The number of phenols is 1. The zero-order chi connectivity index (χ0) is 14.7. The first-order valence-corrected chi connectivity index (χ1v) is 6.87. The molecule has 0 aliphatic carbocycles. The fourth-order valence-corrected chi connectivity index (χ4v) is 2.32. The molecule has 0 saturated carbocycles. The molecule has 0 aromatic heterocycles. The number of likely N-dealkylation sites (tertiary alicyclic amines) is 1. The Kier molecular flexibility index (Phi) is 4.27. The van der Waals surface area contributed by atoms with E-state index < -0.39 is 11.8 Å². The Hall–Kier alpha value is -2.04. The molecule has 2 N–H and O–H groups in total. The zero-order valence-electron chi connectivity index (χ0n) is 11.8. The zero-order valence-corrected chi connectivity index (χ0v) is 11.8. The van der Waals surface area contributed by atoms with Gasteiger partial charge in [0.15, 0.2) is 0 Å². The molecule has 1 heterocycles. The number of nitrogens with zero attached hydrogens (tertiary/aromatic N) is 1. The average Bonchev–Trinajstić information content (AvgIpc) is 2.42. The SMILES string of the molecule is Cc1cc(O)ccc1NC(=O)C(=O)N1CCC(C)CC1. The van der Waals surface area contributed by atoms with Gasteiger partial charge in [-0.25, -0.2) is 0 Å². The van der Waals surface area contributed by atoms with Crippen LogP contribution in [-0.4, -0.2) is 34.9 Å². The van der Waals surface area contributed by atoms with Crippen LogP contribution in [0.5, 0.6) is 5.75 Å². The maximum Gasteiger partial charge on any atom is 0.313 e. The van der Waals surface area contributed by atoms with Gasteiger partial charge in [0.2, 0.25) is 0 Å². The van der Waals surface area contributed by atoms with E-state index in [1.807, 2.05) is 0 Å². The molecule has 2 rings (SSSR count). The summed E-state index contributed by atoms with van der Waals surface area (Å²) in [4.78, 5) is 25.6. The van der Waals surface area contributed by atoms with Crippen molar-refractivity contribution in [1.29, 1.82) is 0 Å². The number of phenolic OH excluding ortho intramolecular Hbond substituents is 1. The number of piperidine rings is 1. The molecule has 0 atom stereocenters. The first-order chi connectivity index (χ1) is 9.47. The number of nitrogens with one attached hydrogen (secondary N) is 1. The molecule has 20 heavy (non-hydrogen) atoms. The molecule has 1 aliphatic rings. The number of rotatable bonds is 1. The minimum Gasteiger partial charge on any atom is -0.508 e. The van der Waals surface area contributed by atoms with Crippen LogP contribution < -0.4 is 5.32 Å². The number of hydrogen-bond acceptors (Lipinski definition) is 3. The second-order valence-electron chi connectivity index (χ2n) is 5.43. The minimum absolute atomic E-state index is 0.136. The number of hydrogen-bond donors (Lipinski definition) is 2. The predicted octanol–water partition coefficient (Wildman–Crippen LogP) is 1.90. The molecule has 1 aromatic carbocycles. The summed E-state index contributed by atoms with van der Waals surface area (Å²) in [5.41, 5.74) is 1.27. The van der Waals surface area contributed by atoms with E-state index in [9.17, 15) is 14.7 Å². The third kappa shape index (κ3) is 3.29. The molecule has 0 bridgehead atoms. The van der Waals surface area contributed by atoms with Crippen LogP contribution in [0.15, 0.2) is 18.2 Å². The highest BCUT2D eigenvalue weighted by atomic mass is 16.3. The Bertz CT molecular complexity index is 520. The normalized spacial score (nSPS) is 16.0. The van der Waals surface area contributed by atoms with Gasteiger partial charge in [0.25, 0.3) is 0 Å². The fraction of sp³-hybridized carbons (Fsp3) is 0.467. The van der Waals surface area contributed by atoms with Gasteiger partial charge in [0.1, 0.15) is 5.75 Å². The van der Waals surface area contributed by atoms with Crippen LogP contribution in [0.3, 0.4) is 0 Å². The second kappa shape index (κ2) is 5.94. The quantitative estimate of drug-likeness (QED) is 0.608. The summed E-state index contributed by atoms with van der Waals surface area (Å²) in [7, 11) is 0. The van der Waals surface area contributed by atoms with E-state index in [4.69, 9.17) is 0 Å². The Morgan fingerprint density at radius 1 is 1.30 bits per heavy atom. The number of amides is 2. The van der Waals surface area contributed by atoms with Gasteiger partial charge in [-0.3, -0.25) is 9.59 Å². The van der Waals surface area contributed by atoms with E-state index in [1.165, 1.54) is 6.07 Å². The smallest absolute Gasteiger partial charge is 0.313 e. The highest BCUT2D eigenvalue weighted by Crippen LogP contribution is 2.21. The van der Waals surface area contributed by atoms with Gasteiger partial charge in [-0.15, -0.1) is 0 Å². The lowest BCUT2D eigenvalue weighted by molar-refractivity contribution is -0.144. The van der Waals surface area contributed by atoms with E-state index in [0.29, 0.717) is 24.7 Å². The first kappa shape index (κ1) is 14.4. The van der Waals surface area contributed by atoms with Gasteiger partial charge in [-0.2, -0.15) is 0 Å². The lowest BCUT2D eigenvalue weighted by atomic mass is 9.99. The summed E-state index contributed by atoms with van der Waals surface area (Å²) < 4.78 is 0. The maximum absolute atomic E-state index is 12.1. The van der Waals surface area contributed by atoms with E-state index in [1.54, 1.807) is 24.0 Å². The number of carbonyl (C=O) groups is 2. The van der Waals surface area contributed by atoms with E-state index in [-0.39, 0.29) is 5.75 Å². The molecule has 5 nitrogen and oxygen atoms in total. The molecule has 5 heteroatoms. The van der Waals surface area contributed by atoms with Gasteiger partial charge in [0, 0.05) is 18.8 Å². The van der Waals surface area contributed by atoms with E-state index in [2.05, 4.69) is 12.2 Å². The van der Waals surface area contributed by atoms with Crippen molar-refractivity contribution >= 4 is 17.5 Å². The Morgan fingerprint density at radius 2 is 1.95 bits per heavy atom. The molecule has 1 aromatic rings. The summed E-state index contributed by atoms with van der Waals surface area (Å²) in [6.07, 6.45) is 1.88. The van der Waals surface area contributed by atoms with Crippen molar-refractivity contribution in [2.45, 2.75) is 26.7 Å². The molecule has 0 radical (unpaired) electrons. The molecule has 1 saturated heterocycles. The van der Waals surface area contributed by atoms with Gasteiger partial charge in [0.05, 0.1) is 0 Å². The molecular weight excluding hydrogens is 256 g/mol. The molecular formula is C15H20N2O3. The van der Waals surface area contributed by atoms with Crippen LogP contribution in [0.25, 0.3) is 0 Å².